The number of nitrogen functional groups attached to an aromatic ring is 1. The van der Waals surface area contributed by atoms with E-state index in [9.17, 15) is 19.2 Å². The monoisotopic (exact) mass is 415 g/mol. The van der Waals surface area contributed by atoms with E-state index in [1.807, 2.05) is 6.07 Å². The molecule has 0 bridgehead atoms. The van der Waals surface area contributed by atoms with Gasteiger partial charge < -0.3 is 10.5 Å². The Morgan fingerprint density at radius 2 is 1.97 bits per heavy atom. The number of Topliss-reactive ketones (excluding diaryl/α,β-unsaturated/α-hetero) is 1. The number of hydrogen-bond acceptors (Lipinski definition) is 7. The van der Waals surface area contributed by atoms with Crippen LogP contribution in [-0.2, 0) is 22.4 Å². The number of benzene rings is 1. The number of H-pyrrole nitrogens is 1. The van der Waals surface area contributed by atoms with E-state index in [1.54, 1.807) is 0 Å². The molecule has 4 rings (SSSR count). The zero-order valence-electron chi connectivity index (χ0n) is 15.7. The number of aryl methyl sites for hydroxylation is 2. The Bertz CT molecular complexity index is 1100. The van der Waals surface area contributed by atoms with Gasteiger partial charge in [0.05, 0.1) is 5.75 Å². The normalized spacial score (nSPS) is 15.2. The van der Waals surface area contributed by atoms with Crippen molar-refractivity contribution in [2.24, 2.45) is 0 Å². The van der Waals surface area contributed by atoms with Crippen molar-refractivity contribution in [3.63, 3.8) is 0 Å². The number of ether oxygens (including phenoxy) is 1. The molecule has 0 amide bonds. The largest absolute Gasteiger partial charge is 0.457 e. The van der Waals surface area contributed by atoms with Gasteiger partial charge in [-0.15, -0.1) is 11.8 Å². The van der Waals surface area contributed by atoms with Crippen molar-refractivity contribution < 1.29 is 14.3 Å². The second-order valence-electron chi connectivity index (χ2n) is 7.28. The molecule has 1 fully saturated rings. The van der Waals surface area contributed by atoms with Gasteiger partial charge in [0.15, 0.2) is 6.61 Å². The van der Waals surface area contributed by atoms with E-state index >= 15 is 0 Å². The molecule has 1 heterocycles. The molecular weight excluding hydrogens is 394 g/mol. The topological polar surface area (TPSA) is 124 Å². The number of aromatic nitrogens is 2. The van der Waals surface area contributed by atoms with Gasteiger partial charge in [-0.1, -0.05) is 6.07 Å². The van der Waals surface area contributed by atoms with E-state index in [-0.39, 0.29) is 23.2 Å². The Morgan fingerprint density at radius 3 is 2.72 bits per heavy atom. The number of carbonyl (C=O) groups excluding carboxylic acids is 2. The fraction of sp³-hybridized carbons (Fsp3) is 0.400. The highest BCUT2D eigenvalue weighted by molar-refractivity contribution is 8.00. The van der Waals surface area contributed by atoms with Crippen molar-refractivity contribution >= 4 is 29.3 Å². The molecule has 1 aromatic carbocycles. The molecular formula is C20H21N3O5S. The van der Waals surface area contributed by atoms with Crippen LogP contribution in [0.15, 0.2) is 32.7 Å². The lowest BCUT2D eigenvalue weighted by Gasteiger charge is -2.11. The molecule has 0 saturated heterocycles. The Balaban J connectivity index is 1.36. The molecule has 0 radical (unpaired) electrons. The highest BCUT2D eigenvalue weighted by Crippen LogP contribution is 2.35. The van der Waals surface area contributed by atoms with Gasteiger partial charge in [0.1, 0.15) is 11.4 Å². The number of hydrogen-bond donors (Lipinski definition) is 2. The third-order valence-corrected chi connectivity index (χ3v) is 6.13. The average molecular weight is 415 g/mol. The molecule has 2 aliphatic carbocycles. The Hall–Kier alpha value is -2.81. The molecule has 1 aromatic heterocycles. The third kappa shape index (κ3) is 4.14. The predicted octanol–water partition coefficient (Wildman–Crippen LogP) is 1.46. The third-order valence-electron chi connectivity index (χ3n) is 5.16. The summed E-state index contributed by atoms with van der Waals surface area (Å²) in [7, 11) is 0. The van der Waals surface area contributed by atoms with Crippen molar-refractivity contribution in [1.82, 2.24) is 9.55 Å². The minimum Gasteiger partial charge on any atom is -0.457 e. The van der Waals surface area contributed by atoms with Crippen LogP contribution in [0.4, 0.5) is 5.82 Å². The van der Waals surface area contributed by atoms with Gasteiger partial charge in [-0.2, -0.15) is 0 Å². The summed E-state index contributed by atoms with van der Waals surface area (Å²) in [6.45, 7) is -0.597. The first-order chi connectivity index (χ1) is 13.9. The van der Waals surface area contributed by atoms with Crippen LogP contribution in [0.25, 0.3) is 0 Å². The zero-order chi connectivity index (χ0) is 20.5. The SMILES string of the molecule is Nc1c(C(=O)COC(=O)CSc2ccc3c(c2)CCC3)c(=O)[nH]c(=O)n1C1CC1. The number of nitrogens with two attached hydrogens (primary N) is 1. The van der Waals surface area contributed by atoms with Crippen LogP contribution in [0.2, 0.25) is 0 Å². The molecule has 0 spiro atoms. The van der Waals surface area contributed by atoms with Gasteiger partial charge in [-0.25, -0.2) is 4.79 Å². The van der Waals surface area contributed by atoms with Crippen molar-refractivity contribution in [2.75, 3.05) is 18.1 Å². The maximum Gasteiger partial charge on any atom is 0.330 e. The second kappa shape index (κ2) is 7.90. The molecule has 2 aromatic rings. The lowest BCUT2D eigenvalue weighted by molar-refractivity contribution is -0.139. The minimum atomic E-state index is -0.863. The van der Waals surface area contributed by atoms with Gasteiger partial charge in [0.2, 0.25) is 5.78 Å². The van der Waals surface area contributed by atoms with Crippen molar-refractivity contribution in [1.29, 1.82) is 0 Å². The standard InChI is InChI=1S/C20H21N3O5S/c21-18-17(19(26)22-20(27)23(18)13-5-6-13)15(24)9-28-16(25)10-29-14-7-4-11-2-1-3-12(11)8-14/h4,7-8,13H,1-3,5-6,9-10,21H2,(H,22,26,27). The number of ketones is 1. The summed E-state index contributed by atoms with van der Waals surface area (Å²) < 4.78 is 6.25. The first-order valence-corrected chi connectivity index (χ1v) is 10.5. The molecule has 0 aliphatic heterocycles. The summed E-state index contributed by atoms with van der Waals surface area (Å²) in [5, 5.41) is 0. The van der Waals surface area contributed by atoms with E-state index in [0.29, 0.717) is 0 Å². The van der Waals surface area contributed by atoms with E-state index in [4.69, 9.17) is 10.5 Å². The fourth-order valence-corrected chi connectivity index (χ4v) is 4.33. The number of rotatable bonds is 7. The number of nitrogens with zero attached hydrogens (tertiary/aromatic N) is 1. The maximum absolute atomic E-state index is 12.4. The molecule has 1 saturated carbocycles. The van der Waals surface area contributed by atoms with E-state index in [0.717, 1.165) is 37.0 Å². The highest BCUT2D eigenvalue weighted by Gasteiger charge is 2.30. The van der Waals surface area contributed by atoms with Crippen LogP contribution in [-0.4, -0.2) is 33.7 Å². The smallest absolute Gasteiger partial charge is 0.330 e. The number of carbonyl (C=O) groups is 2. The predicted molar refractivity (Wildman–Crippen MR) is 108 cm³/mol. The highest BCUT2D eigenvalue weighted by atomic mass is 32.2. The van der Waals surface area contributed by atoms with Gasteiger partial charge in [-0.3, -0.25) is 23.9 Å². The fourth-order valence-electron chi connectivity index (χ4n) is 3.57. The molecule has 29 heavy (non-hydrogen) atoms. The van der Waals surface area contributed by atoms with Gasteiger partial charge in [0, 0.05) is 10.9 Å². The Kier molecular flexibility index (Phi) is 5.31. The average Bonchev–Trinajstić information content (AvgIpc) is 3.39. The van der Waals surface area contributed by atoms with Crippen LogP contribution in [0.1, 0.15) is 46.8 Å². The molecule has 2 aliphatic rings. The quantitative estimate of drug-likeness (QED) is 0.398. The number of aromatic amines is 1. The zero-order valence-corrected chi connectivity index (χ0v) is 16.5. The number of anilines is 1. The molecule has 9 heteroatoms. The van der Waals surface area contributed by atoms with Crippen molar-refractivity contribution in [3.8, 4) is 0 Å². The van der Waals surface area contributed by atoms with Gasteiger partial charge in [0.25, 0.3) is 5.56 Å². The van der Waals surface area contributed by atoms with Crippen LogP contribution in [0.3, 0.4) is 0 Å². The number of fused-ring (bicyclic) bond motifs is 1. The van der Waals surface area contributed by atoms with Gasteiger partial charge >= 0.3 is 11.7 Å². The number of esters is 1. The summed E-state index contributed by atoms with van der Waals surface area (Å²) >= 11 is 1.34. The molecule has 0 unspecified atom stereocenters. The molecule has 8 nitrogen and oxygen atoms in total. The van der Waals surface area contributed by atoms with Crippen LogP contribution in [0.5, 0.6) is 0 Å². The van der Waals surface area contributed by atoms with Crippen LogP contribution >= 0.6 is 11.8 Å². The number of nitrogens with one attached hydrogen (secondary N) is 1. The van der Waals surface area contributed by atoms with Crippen molar-refractivity contribution in [2.45, 2.75) is 43.0 Å². The van der Waals surface area contributed by atoms with Gasteiger partial charge in [-0.05, 0) is 55.4 Å². The van der Waals surface area contributed by atoms with E-state index < -0.39 is 29.6 Å². The first-order valence-electron chi connectivity index (χ1n) is 9.51. The van der Waals surface area contributed by atoms with E-state index in [2.05, 4.69) is 17.1 Å². The summed E-state index contributed by atoms with van der Waals surface area (Å²) in [4.78, 5) is 51.5. The lowest BCUT2D eigenvalue weighted by atomic mass is 10.1. The maximum atomic E-state index is 12.4. The minimum absolute atomic E-state index is 0.0550. The molecule has 0 atom stereocenters. The van der Waals surface area contributed by atoms with Crippen LogP contribution in [0, 0.1) is 0 Å². The lowest BCUT2D eigenvalue weighted by Crippen LogP contribution is -2.36. The Morgan fingerprint density at radius 1 is 1.21 bits per heavy atom. The van der Waals surface area contributed by atoms with Crippen LogP contribution < -0.4 is 17.0 Å². The van der Waals surface area contributed by atoms with E-state index in [1.165, 1.54) is 27.5 Å². The second-order valence-corrected chi connectivity index (χ2v) is 8.33. The summed E-state index contributed by atoms with van der Waals surface area (Å²) in [6.07, 6.45) is 4.84. The van der Waals surface area contributed by atoms with Crippen molar-refractivity contribution in [3.05, 3.63) is 55.7 Å². The first kappa shape index (κ1) is 19.5. The molecule has 3 N–H and O–H groups in total. The summed E-state index contributed by atoms with van der Waals surface area (Å²) in [5.41, 5.74) is 6.74. The molecule has 152 valence electrons. The Labute approximate surface area is 170 Å². The summed E-state index contributed by atoms with van der Waals surface area (Å²) in [5.74, 6) is -1.40. The number of thioether (sulfide) groups is 1. The summed E-state index contributed by atoms with van der Waals surface area (Å²) in [6, 6.07) is 6.06.